The smallest absolute Gasteiger partial charge is 0.400 e. The van der Waals surface area contributed by atoms with Gasteiger partial charge in [0, 0.05) is 23.6 Å². The minimum Gasteiger partial charge on any atom is -0.400 e. The first-order valence-electron chi connectivity index (χ1n) is 11.6. The van der Waals surface area contributed by atoms with Gasteiger partial charge in [-0.25, -0.2) is 12.2 Å². The van der Waals surface area contributed by atoms with Crippen molar-refractivity contribution in [3.8, 4) is 0 Å². The van der Waals surface area contributed by atoms with E-state index in [1.54, 1.807) is 0 Å². The number of hydrogen-bond acceptors (Lipinski definition) is 3. The van der Waals surface area contributed by atoms with Crippen LogP contribution in [0.5, 0.6) is 0 Å². The molecule has 2 nitrogen and oxygen atoms in total. The van der Waals surface area contributed by atoms with Gasteiger partial charge < -0.3 is 10.2 Å². The first kappa shape index (κ1) is 29.5. The summed E-state index contributed by atoms with van der Waals surface area (Å²) in [5.41, 5.74) is 8.00. The number of allylic oxidation sites excluding steroid dienone is 2. The van der Waals surface area contributed by atoms with Crippen molar-refractivity contribution in [2.45, 2.75) is 21.6 Å². The molecule has 2 aliphatic carbocycles. The molecule has 37 heavy (non-hydrogen) atoms. The fourth-order valence-corrected chi connectivity index (χ4v) is 6.16. The molecule has 6 bridgehead atoms. The Morgan fingerprint density at radius 1 is 0.676 bits per heavy atom. The van der Waals surface area contributed by atoms with Gasteiger partial charge in [0.25, 0.3) is 0 Å². The van der Waals surface area contributed by atoms with Gasteiger partial charge in [0.2, 0.25) is 0 Å². The average molecular weight is 647 g/mol. The minimum atomic E-state index is 0. The van der Waals surface area contributed by atoms with Crippen molar-refractivity contribution in [1.82, 2.24) is 0 Å². The van der Waals surface area contributed by atoms with Crippen molar-refractivity contribution in [3.63, 3.8) is 0 Å². The zero-order valence-electron chi connectivity index (χ0n) is 20.7. The second-order valence-corrected chi connectivity index (χ2v) is 10.0. The largest absolute Gasteiger partial charge is 2.00 e. The van der Waals surface area contributed by atoms with Gasteiger partial charge in [-0.3, -0.25) is 12.2 Å². The molecule has 2 atom stereocenters. The van der Waals surface area contributed by atoms with E-state index in [4.69, 9.17) is 10.2 Å². The van der Waals surface area contributed by atoms with Crippen molar-refractivity contribution >= 4 is 39.8 Å². The van der Waals surface area contributed by atoms with E-state index in [1.807, 2.05) is 17.8 Å². The summed E-state index contributed by atoms with van der Waals surface area (Å²) in [4.78, 5) is 2.66. The topological polar surface area (TPSA) is 40.5 Å². The average Bonchev–Trinajstić information content (AvgIpc) is 3.60. The molecule has 0 radical (unpaired) electrons. The molecule has 2 aliphatic heterocycles. The van der Waals surface area contributed by atoms with E-state index in [0.29, 0.717) is 5.92 Å². The number of aliphatic hydroxyl groups is 2. The normalized spacial score (nSPS) is 16.2. The van der Waals surface area contributed by atoms with E-state index in [2.05, 4.69) is 125 Å². The van der Waals surface area contributed by atoms with Gasteiger partial charge in [-0.1, -0.05) is 117 Å². The van der Waals surface area contributed by atoms with Gasteiger partial charge in [0.1, 0.15) is 0 Å². The molecule has 2 unspecified atom stereocenters. The number of hydrogen-bond donors (Lipinski definition) is 2. The Hall–Kier alpha value is -2.01. The maximum absolute atomic E-state index is 7.00. The zero-order valence-corrected chi connectivity index (χ0v) is 25.5. The quantitative estimate of drug-likeness (QED) is 0.208. The maximum atomic E-state index is 7.00. The summed E-state index contributed by atoms with van der Waals surface area (Å²) in [6.07, 6.45) is 11.1. The Morgan fingerprint density at radius 3 is 2.05 bits per heavy atom. The molecule has 0 amide bonds. The van der Waals surface area contributed by atoms with Crippen LogP contribution < -0.4 is 0 Å². The number of benzene rings is 4. The van der Waals surface area contributed by atoms with Crippen molar-refractivity contribution < 1.29 is 36.4 Å². The van der Waals surface area contributed by atoms with Crippen LogP contribution in [0.2, 0.25) is 0 Å². The van der Waals surface area contributed by atoms with E-state index >= 15 is 0 Å². The fraction of sp³-hybridized carbons (Fsp3) is 0.125. The second kappa shape index (κ2) is 14.2. The first-order chi connectivity index (χ1) is 17.8. The van der Waals surface area contributed by atoms with Gasteiger partial charge in [0.05, 0.1) is 0 Å². The molecule has 2 N–H and O–H groups in total. The van der Waals surface area contributed by atoms with Gasteiger partial charge in [-0.2, -0.15) is 11.1 Å². The summed E-state index contributed by atoms with van der Waals surface area (Å²) in [6.45, 7) is 0. The first-order valence-corrected chi connectivity index (χ1v) is 13.2. The third kappa shape index (κ3) is 6.36. The van der Waals surface area contributed by atoms with Crippen LogP contribution in [0.15, 0.2) is 105 Å². The van der Waals surface area contributed by atoms with E-state index in [-0.39, 0.29) is 32.1 Å². The Morgan fingerprint density at radius 2 is 1.32 bits per heavy atom. The van der Waals surface area contributed by atoms with E-state index < -0.39 is 0 Å². The molecule has 4 aromatic carbocycles. The minimum absolute atomic E-state index is 0. The van der Waals surface area contributed by atoms with Gasteiger partial charge in [-0.15, -0.1) is 29.0 Å². The summed E-state index contributed by atoms with van der Waals surface area (Å²) in [6, 6.07) is 32.2. The molecule has 0 spiro atoms. The van der Waals surface area contributed by atoms with Crippen LogP contribution in [0.4, 0.5) is 0 Å². The summed E-state index contributed by atoms with van der Waals surface area (Å²) >= 11 is 5.47. The van der Waals surface area contributed by atoms with E-state index in [1.165, 1.54) is 47.6 Å². The molecule has 5 heteroatoms. The molecule has 4 aliphatic rings. The van der Waals surface area contributed by atoms with Crippen molar-refractivity contribution in [1.29, 1.82) is 0 Å². The zero-order chi connectivity index (χ0) is 25.5. The van der Waals surface area contributed by atoms with Crippen molar-refractivity contribution in [3.05, 3.63) is 141 Å². The van der Waals surface area contributed by atoms with E-state index in [0.717, 1.165) is 14.2 Å². The van der Waals surface area contributed by atoms with Gasteiger partial charge in [-0.05, 0) is 12.1 Å². The number of fused-ring (bicyclic) bond motifs is 3. The summed E-state index contributed by atoms with van der Waals surface area (Å²) in [5, 5.41) is 14.0. The third-order valence-corrected chi connectivity index (χ3v) is 7.94. The molecular weight excluding hydrogens is 620 g/mol. The molecule has 0 aromatic heterocycles. The SMILES string of the molecule is Brc1cccc2c1C(c1ccccc1)[C-]=C2.CO.CO.[C-]1=Cc2c3cccc2C1c1ccc(cc1)S3.[Zr+2]. The Labute approximate surface area is 251 Å². The number of aliphatic hydroxyl groups excluding tert-OH is 2. The van der Waals surface area contributed by atoms with Crippen LogP contribution in [0, 0.1) is 12.2 Å². The monoisotopic (exact) mass is 644 g/mol. The molecule has 8 rings (SSSR count). The third-order valence-electron chi connectivity index (χ3n) is 6.16. The molecule has 0 saturated heterocycles. The standard InChI is InChI=1S/C15H10Br.C15H9S.2CH4O.Zr/c16-14-8-4-7-12-9-10-13(15(12)14)11-5-2-1-3-6-11;1-2-13-12-8-9-14(13)15(3-1)16-11-6-4-10(12)5-7-11;2*1-2;/h1-9,13H;1-7,9,12H;2*2H,1H3;/q2*-1;;;+2. The van der Waals surface area contributed by atoms with Gasteiger partial charge >= 0.3 is 26.2 Å². The summed E-state index contributed by atoms with van der Waals surface area (Å²) < 4.78 is 1.17. The maximum Gasteiger partial charge on any atom is 2.00 e. The number of halogens is 1. The van der Waals surface area contributed by atoms with E-state index in [9.17, 15) is 0 Å². The Balaban J connectivity index is 0.000000177. The Bertz CT molecular complexity index is 1370. The van der Waals surface area contributed by atoms with Crippen LogP contribution in [0.1, 0.15) is 45.2 Å². The van der Waals surface area contributed by atoms with Crippen molar-refractivity contribution in [2.24, 2.45) is 0 Å². The Kier molecular flexibility index (Phi) is 11.4. The molecule has 0 fully saturated rings. The molecule has 2 heterocycles. The van der Waals surface area contributed by atoms with Crippen LogP contribution in [-0.2, 0) is 26.2 Å². The van der Waals surface area contributed by atoms with Crippen LogP contribution in [0.3, 0.4) is 0 Å². The predicted octanol–water partition coefficient (Wildman–Crippen LogP) is 7.74. The van der Waals surface area contributed by atoms with Crippen LogP contribution in [0.25, 0.3) is 12.2 Å². The molecular formula is C32H27BrO2SZr. The fourth-order valence-electron chi connectivity index (χ4n) is 4.59. The molecule has 4 aromatic rings. The summed E-state index contributed by atoms with van der Waals surface area (Å²) in [5.74, 6) is 0.606. The molecule has 184 valence electrons. The molecule has 0 saturated carbocycles. The second-order valence-electron chi connectivity index (χ2n) is 8.07. The van der Waals surface area contributed by atoms with Crippen LogP contribution >= 0.6 is 27.7 Å². The van der Waals surface area contributed by atoms with Gasteiger partial charge in [0.15, 0.2) is 0 Å². The van der Waals surface area contributed by atoms with Crippen LogP contribution in [-0.4, -0.2) is 24.4 Å². The predicted molar refractivity (Wildman–Crippen MR) is 153 cm³/mol. The summed E-state index contributed by atoms with van der Waals surface area (Å²) in [7, 11) is 2.00. The number of rotatable bonds is 1. The van der Waals surface area contributed by atoms with Crippen molar-refractivity contribution in [2.75, 3.05) is 14.2 Å².